The summed E-state index contributed by atoms with van der Waals surface area (Å²) in [5.41, 5.74) is 3.61. The van der Waals surface area contributed by atoms with Crippen molar-refractivity contribution in [1.29, 1.82) is 0 Å². The van der Waals surface area contributed by atoms with Crippen molar-refractivity contribution in [2.24, 2.45) is 5.92 Å². The Hall–Kier alpha value is -1.35. The molecular weight excluding hydrogens is 248 g/mol. The molecule has 0 radical (unpaired) electrons. The third-order valence-corrected chi connectivity index (χ3v) is 4.12. The maximum Gasteiger partial charge on any atom is 0.224 e. The van der Waals surface area contributed by atoms with Crippen molar-refractivity contribution in [3.05, 3.63) is 29.3 Å². The summed E-state index contributed by atoms with van der Waals surface area (Å²) < 4.78 is 0. The van der Waals surface area contributed by atoms with Gasteiger partial charge in [-0.15, -0.1) is 0 Å². The van der Waals surface area contributed by atoms with Gasteiger partial charge in [-0.25, -0.2) is 0 Å². The number of hydrogen-bond acceptors (Lipinski definition) is 2. The largest absolute Gasteiger partial charge is 0.326 e. The predicted molar refractivity (Wildman–Crippen MR) is 83.9 cm³/mol. The molecule has 1 aromatic rings. The number of rotatable bonds is 6. The van der Waals surface area contributed by atoms with Crippen LogP contribution in [0.5, 0.6) is 0 Å². The molecule has 0 spiro atoms. The summed E-state index contributed by atoms with van der Waals surface area (Å²) in [7, 11) is 0. The lowest BCUT2D eigenvalue weighted by molar-refractivity contribution is -0.116. The highest BCUT2D eigenvalue weighted by Gasteiger charge is 2.21. The van der Waals surface area contributed by atoms with Gasteiger partial charge in [0.1, 0.15) is 0 Å². The van der Waals surface area contributed by atoms with Crippen LogP contribution in [0, 0.1) is 5.92 Å². The molecule has 0 fully saturated rings. The van der Waals surface area contributed by atoms with Gasteiger partial charge in [0.15, 0.2) is 0 Å². The molecule has 0 aromatic heterocycles. The summed E-state index contributed by atoms with van der Waals surface area (Å²) >= 11 is 0. The Labute approximate surface area is 122 Å². The summed E-state index contributed by atoms with van der Waals surface area (Å²) in [5, 5.41) is 6.56. The number of nitrogens with one attached hydrogen (secondary N) is 2. The second kappa shape index (κ2) is 6.89. The van der Waals surface area contributed by atoms with E-state index in [0.29, 0.717) is 18.4 Å². The topological polar surface area (TPSA) is 41.1 Å². The van der Waals surface area contributed by atoms with Crippen LogP contribution in [0.25, 0.3) is 0 Å². The molecule has 0 bridgehead atoms. The van der Waals surface area contributed by atoms with Gasteiger partial charge in [-0.3, -0.25) is 4.79 Å². The van der Waals surface area contributed by atoms with Crippen LogP contribution in [0.2, 0.25) is 0 Å². The monoisotopic (exact) mass is 274 g/mol. The fourth-order valence-corrected chi connectivity index (χ4v) is 3.09. The van der Waals surface area contributed by atoms with Gasteiger partial charge in [-0.2, -0.15) is 0 Å². The van der Waals surface area contributed by atoms with E-state index in [-0.39, 0.29) is 5.91 Å². The lowest BCUT2D eigenvalue weighted by Crippen LogP contribution is -2.27. The third kappa shape index (κ3) is 3.40. The van der Waals surface area contributed by atoms with Gasteiger partial charge in [0.2, 0.25) is 5.91 Å². The molecule has 110 valence electrons. The molecule has 20 heavy (non-hydrogen) atoms. The number of hydrogen-bond donors (Lipinski definition) is 2. The Morgan fingerprint density at radius 3 is 2.80 bits per heavy atom. The van der Waals surface area contributed by atoms with Gasteiger partial charge in [0.05, 0.1) is 0 Å². The van der Waals surface area contributed by atoms with Crippen molar-refractivity contribution in [3.63, 3.8) is 0 Å². The molecule has 3 heteroatoms. The van der Waals surface area contributed by atoms with E-state index in [2.05, 4.69) is 49.6 Å². The number of benzene rings is 1. The van der Waals surface area contributed by atoms with Crippen molar-refractivity contribution < 1.29 is 4.79 Å². The van der Waals surface area contributed by atoms with Crippen LogP contribution >= 0.6 is 0 Å². The zero-order valence-corrected chi connectivity index (χ0v) is 12.8. The molecule has 2 unspecified atom stereocenters. The number of aryl methyl sites for hydroxylation is 1. The SMILES string of the molecule is CCCC(C)C(NCC)c1ccc2c(c1)CCC(=O)N2. The van der Waals surface area contributed by atoms with E-state index in [9.17, 15) is 4.79 Å². The minimum atomic E-state index is 0.132. The minimum Gasteiger partial charge on any atom is -0.326 e. The fourth-order valence-electron chi connectivity index (χ4n) is 3.09. The van der Waals surface area contributed by atoms with Gasteiger partial charge in [0.25, 0.3) is 0 Å². The van der Waals surface area contributed by atoms with E-state index >= 15 is 0 Å². The lowest BCUT2D eigenvalue weighted by Gasteiger charge is -2.27. The normalized spacial score (nSPS) is 17.2. The average Bonchev–Trinajstić information content (AvgIpc) is 2.44. The maximum absolute atomic E-state index is 11.4. The summed E-state index contributed by atoms with van der Waals surface area (Å²) in [5.74, 6) is 0.754. The predicted octanol–water partition coefficient (Wildman–Crippen LogP) is 3.66. The summed E-state index contributed by atoms with van der Waals surface area (Å²) in [6.45, 7) is 7.69. The summed E-state index contributed by atoms with van der Waals surface area (Å²) in [6.07, 6.45) is 3.90. The quantitative estimate of drug-likeness (QED) is 0.831. The highest BCUT2D eigenvalue weighted by atomic mass is 16.1. The fraction of sp³-hybridized carbons (Fsp3) is 0.588. The van der Waals surface area contributed by atoms with Crippen LogP contribution < -0.4 is 10.6 Å². The van der Waals surface area contributed by atoms with E-state index in [1.165, 1.54) is 24.0 Å². The van der Waals surface area contributed by atoms with Crippen LogP contribution in [0.4, 0.5) is 5.69 Å². The number of carbonyl (C=O) groups is 1. The molecule has 1 aromatic carbocycles. The maximum atomic E-state index is 11.4. The van der Waals surface area contributed by atoms with E-state index in [1.807, 2.05) is 0 Å². The van der Waals surface area contributed by atoms with Crippen molar-refractivity contribution in [1.82, 2.24) is 5.32 Å². The van der Waals surface area contributed by atoms with Crippen LogP contribution in [0.15, 0.2) is 18.2 Å². The Morgan fingerprint density at radius 1 is 1.30 bits per heavy atom. The smallest absolute Gasteiger partial charge is 0.224 e. The van der Waals surface area contributed by atoms with E-state index in [4.69, 9.17) is 0 Å². The van der Waals surface area contributed by atoms with Crippen molar-refractivity contribution >= 4 is 11.6 Å². The number of carbonyl (C=O) groups excluding carboxylic acids is 1. The zero-order chi connectivity index (χ0) is 14.5. The van der Waals surface area contributed by atoms with Gasteiger partial charge in [-0.1, -0.05) is 39.3 Å². The highest BCUT2D eigenvalue weighted by Crippen LogP contribution is 2.30. The van der Waals surface area contributed by atoms with Gasteiger partial charge < -0.3 is 10.6 Å². The van der Waals surface area contributed by atoms with Crippen LogP contribution in [-0.4, -0.2) is 12.5 Å². The lowest BCUT2D eigenvalue weighted by atomic mass is 9.88. The molecule has 2 atom stereocenters. The molecule has 3 nitrogen and oxygen atoms in total. The first-order chi connectivity index (χ1) is 9.65. The molecule has 2 rings (SSSR count). The first-order valence-corrected chi connectivity index (χ1v) is 7.81. The van der Waals surface area contributed by atoms with Gasteiger partial charge in [-0.05, 0) is 42.5 Å². The van der Waals surface area contributed by atoms with Crippen molar-refractivity contribution in [3.8, 4) is 0 Å². The van der Waals surface area contributed by atoms with Crippen LogP contribution in [0.1, 0.15) is 57.2 Å². The van der Waals surface area contributed by atoms with Gasteiger partial charge >= 0.3 is 0 Å². The van der Waals surface area contributed by atoms with Crippen LogP contribution in [0.3, 0.4) is 0 Å². The Balaban J connectivity index is 2.23. The molecule has 0 aliphatic carbocycles. The molecular formula is C17H26N2O. The zero-order valence-electron chi connectivity index (χ0n) is 12.8. The number of fused-ring (bicyclic) bond motifs is 1. The number of amides is 1. The molecule has 1 aliphatic rings. The Bertz CT molecular complexity index is 470. The van der Waals surface area contributed by atoms with E-state index < -0.39 is 0 Å². The van der Waals surface area contributed by atoms with E-state index in [0.717, 1.165) is 18.7 Å². The second-order valence-electron chi connectivity index (χ2n) is 5.77. The summed E-state index contributed by atoms with van der Waals surface area (Å²) in [4.78, 5) is 11.4. The second-order valence-corrected chi connectivity index (χ2v) is 5.77. The number of anilines is 1. The summed E-state index contributed by atoms with van der Waals surface area (Å²) in [6, 6.07) is 6.89. The Kier molecular flexibility index (Phi) is 5.18. The van der Waals surface area contributed by atoms with E-state index in [1.54, 1.807) is 0 Å². The van der Waals surface area contributed by atoms with Crippen molar-refractivity contribution in [2.75, 3.05) is 11.9 Å². The van der Waals surface area contributed by atoms with Crippen molar-refractivity contribution in [2.45, 2.75) is 52.5 Å². The molecule has 1 heterocycles. The molecule has 1 aliphatic heterocycles. The first kappa shape index (κ1) is 15.0. The molecule has 0 saturated heterocycles. The average molecular weight is 274 g/mol. The Morgan fingerprint density at radius 2 is 2.10 bits per heavy atom. The minimum absolute atomic E-state index is 0.132. The molecule has 2 N–H and O–H groups in total. The standard InChI is InChI=1S/C17H26N2O/c1-4-6-12(3)17(18-5-2)14-7-9-15-13(11-14)8-10-16(20)19-15/h7,9,11-12,17-18H,4-6,8,10H2,1-3H3,(H,19,20). The molecule has 0 saturated carbocycles. The third-order valence-electron chi connectivity index (χ3n) is 4.12. The highest BCUT2D eigenvalue weighted by molar-refractivity contribution is 5.93. The molecule has 1 amide bonds. The van der Waals surface area contributed by atoms with Gasteiger partial charge in [0, 0.05) is 18.2 Å². The first-order valence-electron chi connectivity index (χ1n) is 7.81. The van der Waals surface area contributed by atoms with Crippen LogP contribution in [-0.2, 0) is 11.2 Å².